The first-order chi connectivity index (χ1) is 8.04. The molecule has 0 aromatic carbocycles. The van der Waals surface area contributed by atoms with Crippen molar-refractivity contribution in [3.05, 3.63) is 34.2 Å². The fourth-order valence-corrected chi connectivity index (χ4v) is 1.49. The number of nitrogens with two attached hydrogens (primary N) is 1. The zero-order valence-corrected chi connectivity index (χ0v) is 10.3. The Kier molecular flexibility index (Phi) is 4.90. The van der Waals surface area contributed by atoms with E-state index in [9.17, 15) is 9.59 Å². The molecule has 0 aliphatic carbocycles. The largest absolute Gasteiger partial charge is 0.350 e. The van der Waals surface area contributed by atoms with E-state index in [4.69, 9.17) is 5.73 Å². The Hall–Kier alpha value is -1.62. The highest BCUT2D eigenvalue weighted by Crippen LogP contribution is 1.95. The summed E-state index contributed by atoms with van der Waals surface area (Å²) in [6.07, 6.45) is 3.43. The van der Waals surface area contributed by atoms with Crippen LogP contribution in [0.5, 0.6) is 0 Å². The summed E-state index contributed by atoms with van der Waals surface area (Å²) in [6, 6.07) is 2.90. The number of hydrogen-bond donors (Lipinski definition) is 2. The summed E-state index contributed by atoms with van der Waals surface area (Å²) in [7, 11) is 1.64. The maximum Gasteiger partial charge on any atom is 0.251 e. The van der Waals surface area contributed by atoms with E-state index >= 15 is 0 Å². The summed E-state index contributed by atoms with van der Waals surface area (Å²) >= 11 is 0. The topological polar surface area (TPSA) is 77.1 Å². The molecule has 1 atom stereocenters. The molecule has 1 unspecified atom stereocenters. The minimum absolute atomic E-state index is 0.0319. The predicted octanol–water partition coefficient (Wildman–Crippen LogP) is 0.243. The Labute approximate surface area is 101 Å². The highest BCUT2D eigenvalue weighted by molar-refractivity contribution is 5.93. The van der Waals surface area contributed by atoms with Gasteiger partial charge < -0.3 is 15.6 Å². The summed E-state index contributed by atoms with van der Waals surface area (Å²) < 4.78 is 1.42. The Balaban J connectivity index is 2.58. The fourth-order valence-electron chi connectivity index (χ4n) is 1.49. The van der Waals surface area contributed by atoms with Gasteiger partial charge in [0.05, 0.1) is 0 Å². The van der Waals surface area contributed by atoms with Gasteiger partial charge in [-0.3, -0.25) is 9.59 Å². The van der Waals surface area contributed by atoms with E-state index in [0.29, 0.717) is 12.1 Å². The molecule has 0 saturated carbocycles. The van der Waals surface area contributed by atoms with Gasteiger partial charge in [0.25, 0.3) is 11.5 Å². The molecule has 0 radical (unpaired) electrons. The van der Waals surface area contributed by atoms with Crippen molar-refractivity contribution in [2.24, 2.45) is 12.8 Å². The minimum atomic E-state index is -0.255. The molecule has 1 amide bonds. The van der Waals surface area contributed by atoms with E-state index in [1.807, 2.05) is 6.92 Å². The van der Waals surface area contributed by atoms with Gasteiger partial charge in [-0.1, -0.05) is 13.3 Å². The van der Waals surface area contributed by atoms with Crippen molar-refractivity contribution in [1.82, 2.24) is 9.88 Å². The first-order valence-corrected chi connectivity index (χ1v) is 5.75. The Bertz CT molecular complexity index is 440. The lowest BCUT2D eigenvalue weighted by molar-refractivity contribution is 0.0950. The van der Waals surface area contributed by atoms with Crippen molar-refractivity contribution >= 4 is 5.91 Å². The molecule has 0 aliphatic heterocycles. The van der Waals surface area contributed by atoms with Gasteiger partial charge in [-0.05, 0) is 12.5 Å². The molecule has 0 fully saturated rings. The number of nitrogens with zero attached hydrogens (tertiary/aromatic N) is 1. The second-order valence-electron chi connectivity index (χ2n) is 4.12. The number of carbonyl (C=O) groups is 1. The number of rotatable bonds is 5. The maximum atomic E-state index is 11.7. The number of hydrogen-bond acceptors (Lipinski definition) is 3. The average molecular weight is 237 g/mol. The van der Waals surface area contributed by atoms with Gasteiger partial charge in [0.15, 0.2) is 0 Å². The lowest BCUT2D eigenvalue weighted by Gasteiger charge is -2.11. The third-order valence-electron chi connectivity index (χ3n) is 2.55. The lowest BCUT2D eigenvalue weighted by Crippen LogP contribution is -2.37. The van der Waals surface area contributed by atoms with Gasteiger partial charge in [0.2, 0.25) is 0 Å². The molecule has 0 spiro atoms. The molecule has 94 valence electrons. The number of aryl methyl sites for hydroxylation is 1. The highest BCUT2D eigenvalue weighted by Gasteiger charge is 2.08. The van der Waals surface area contributed by atoms with E-state index in [1.54, 1.807) is 19.3 Å². The van der Waals surface area contributed by atoms with Crippen LogP contribution < -0.4 is 16.6 Å². The van der Waals surface area contributed by atoms with E-state index < -0.39 is 0 Å². The SMILES string of the molecule is CCCC(N)CNC(=O)c1ccn(C)c(=O)c1. The van der Waals surface area contributed by atoms with Gasteiger partial charge in [0, 0.05) is 37.5 Å². The van der Waals surface area contributed by atoms with Gasteiger partial charge in [-0.2, -0.15) is 0 Å². The van der Waals surface area contributed by atoms with E-state index in [-0.39, 0.29) is 17.5 Å². The smallest absolute Gasteiger partial charge is 0.251 e. The first-order valence-electron chi connectivity index (χ1n) is 5.75. The molecular formula is C12H19N3O2. The fraction of sp³-hybridized carbons (Fsp3) is 0.500. The molecule has 3 N–H and O–H groups in total. The zero-order chi connectivity index (χ0) is 12.8. The van der Waals surface area contributed by atoms with E-state index in [0.717, 1.165) is 12.8 Å². The standard InChI is InChI=1S/C12H19N3O2/c1-3-4-10(13)8-14-12(17)9-5-6-15(2)11(16)7-9/h5-7,10H,3-4,8,13H2,1-2H3,(H,14,17). The van der Waals surface area contributed by atoms with Crippen LogP contribution in [0.3, 0.4) is 0 Å². The van der Waals surface area contributed by atoms with Crippen LogP contribution in [0.1, 0.15) is 30.1 Å². The molecule has 0 aliphatic rings. The van der Waals surface area contributed by atoms with Crippen LogP contribution in [-0.2, 0) is 7.05 Å². The van der Waals surface area contributed by atoms with Crippen LogP contribution in [-0.4, -0.2) is 23.1 Å². The van der Waals surface area contributed by atoms with Crippen molar-refractivity contribution in [3.63, 3.8) is 0 Å². The summed E-state index contributed by atoms with van der Waals surface area (Å²) in [4.78, 5) is 23.0. The Morgan fingerprint density at radius 2 is 2.29 bits per heavy atom. The number of nitrogens with one attached hydrogen (secondary N) is 1. The van der Waals surface area contributed by atoms with Crippen molar-refractivity contribution in [2.75, 3.05) is 6.54 Å². The van der Waals surface area contributed by atoms with Crippen LogP contribution in [0.25, 0.3) is 0 Å². The molecule has 5 nitrogen and oxygen atoms in total. The summed E-state index contributed by atoms with van der Waals surface area (Å²) in [5, 5.41) is 2.72. The summed E-state index contributed by atoms with van der Waals surface area (Å²) in [6.45, 7) is 2.48. The minimum Gasteiger partial charge on any atom is -0.350 e. The van der Waals surface area contributed by atoms with Gasteiger partial charge in [0.1, 0.15) is 0 Å². The maximum absolute atomic E-state index is 11.7. The third kappa shape index (κ3) is 4.03. The van der Waals surface area contributed by atoms with Crippen LogP contribution in [0.2, 0.25) is 0 Å². The van der Waals surface area contributed by atoms with Gasteiger partial charge in [-0.15, -0.1) is 0 Å². The molecule has 5 heteroatoms. The molecule has 1 aromatic rings. The van der Waals surface area contributed by atoms with Crippen LogP contribution in [0.15, 0.2) is 23.1 Å². The quantitative estimate of drug-likeness (QED) is 0.770. The highest BCUT2D eigenvalue weighted by atomic mass is 16.2. The average Bonchev–Trinajstić information content (AvgIpc) is 2.30. The normalized spacial score (nSPS) is 12.2. The molecule has 0 bridgehead atoms. The number of amides is 1. The van der Waals surface area contributed by atoms with Crippen molar-refractivity contribution in [2.45, 2.75) is 25.8 Å². The molecule has 1 heterocycles. The molecule has 1 rings (SSSR count). The van der Waals surface area contributed by atoms with Crippen LogP contribution >= 0.6 is 0 Å². The number of pyridine rings is 1. The van der Waals surface area contributed by atoms with Crippen molar-refractivity contribution < 1.29 is 4.79 Å². The summed E-state index contributed by atoms with van der Waals surface area (Å²) in [5.41, 5.74) is 5.96. The Morgan fingerprint density at radius 1 is 1.59 bits per heavy atom. The summed E-state index contributed by atoms with van der Waals surface area (Å²) in [5.74, 6) is -0.255. The van der Waals surface area contributed by atoms with E-state index in [1.165, 1.54) is 10.6 Å². The van der Waals surface area contributed by atoms with Gasteiger partial charge >= 0.3 is 0 Å². The van der Waals surface area contributed by atoms with Crippen molar-refractivity contribution in [1.29, 1.82) is 0 Å². The molecular weight excluding hydrogens is 218 g/mol. The predicted molar refractivity (Wildman–Crippen MR) is 66.9 cm³/mol. The van der Waals surface area contributed by atoms with Crippen LogP contribution in [0, 0.1) is 0 Å². The zero-order valence-electron chi connectivity index (χ0n) is 10.3. The second kappa shape index (κ2) is 6.20. The van der Waals surface area contributed by atoms with E-state index in [2.05, 4.69) is 5.32 Å². The molecule has 0 saturated heterocycles. The first kappa shape index (κ1) is 13.4. The number of aromatic nitrogens is 1. The van der Waals surface area contributed by atoms with Gasteiger partial charge in [-0.25, -0.2) is 0 Å². The third-order valence-corrected chi connectivity index (χ3v) is 2.55. The number of carbonyl (C=O) groups excluding carboxylic acids is 1. The monoisotopic (exact) mass is 237 g/mol. The van der Waals surface area contributed by atoms with Crippen LogP contribution in [0.4, 0.5) is 0 Å². The Morgan fingerprint density at radius 3 is 2.88 bits per heavy atom. The lowest BCUT2D eigenvalue weighted by atomic mass is 10.2. The molecule has 1 aromatic heterocycles. The molecule has 17 heavy (non-hydrogen) atoms. The van der Waals surface area contributed by atoms with Crippen molar-refractivity contribution in [3.8, 4) is 0 Å². The second-order valence-corrected chi connectivity index (χ2v) is 4.12.